The van der Waals surface area contributed by atoms with E-state index in [4.69, 9.17) is 0 Å². The lowest BCUT2D eigenvalue weighted by Gasteiger charge is -2.13. The summed E-state index contributed by atoms with van der Waals surface area (Å²) in [5.41, 5.74) is -0.307. The number of nitrogens with one attached hydrogen (secondary N) is 1. The van der Waals surface area contributed by atoms with Crippen LogP contribution in [-0.4, -0.2) is 26.4 Å². The first-order chi connectivity index (χ1) is 9.88. The van der Waals surface area contributed by atoms with Gasteiger partial charge in [-0.05, 0) is 17.7 Å². The highest BCUT2D eigenvalue weighted by Gasteiger charge is 2.30. The molecule has 0 bridgehead atoms. The summed E-state index contributed by atoms with van der Waals surface area (Å²) < 4.78 is 39.0. The average molecular weight is 300 g/mol. The molecule has 0 amide bonds. The highest BCUT2D eigenvalue weighted by atomic mass is 19.4. The zero-order valence-electron chi connectivity index (χ0n) is 11.3. The quantitative estimate of drug-likeness (QED) is 0.881. The summed E-state index contributed by atoms with van der Waals surface area (Å²) in [6.07, 6.45) is -3.70. The topological polar surface area (TPSA) is 63.0 Å². The Morgan fingerprint density at radius 2 is 1.95 bits per heavy atom. The highest BCUT2D eigenvalue weighted by Crippen LogP contribution is 2.29. The van der Waals surface area contributed by atoms with E-state index in [2.05, 4.69) is 15.5 Å². The molecule has 1 heterocycles. The van der Waals surface area contributed by atoms with Crippen LogP contribution in [0.4, 0.5) is 13.2 Å². The number of nitrogens with zero attached hydrogens (tertiary/aromatic N) is 3. The third-order valence-electron chi connectivity index (χ3n) is 3.05. The smallest absolute Gasteiger partial charge is 0.387 e. The van der Waals surface area contributed by atoms with Gasteiger partial charge >= 0.3 is 6.18 Å². The standard InChI is InChI=1S/C13H15F3N4O/c1-20-8-18-19-12(20)7-17-6-11(21)9-2-4-10(5-3-9)13(14,15)16/h2-5,8,11,17,21H,6-7H2,1H3. The Labute approximate surface area is 119 Å². The molecule has 1 atom stereocenters. The van der Waals surface area contributed by atoms with Crippen LogP contribution in [0.5, 0.6) is 0 Å². The molecule has 0 radical (unpaired) electrons. The minimum absolute atomic E-state index is 0.207. The summed E-state index contributed by atoms with van der Waals surface area (Å²) in [6, 6.07) is 4.47. The predicted molar refractivity (Wildman–Crippen MR) is 69.1 cm³/mol. The molecule has 0 fully saturated rings. The summed E-state index contributed by atoms with van der Waals surface area (Å²) >= 11 is 0. The molecular formula is C13H15F3N4O. The Morgan fingerprint density at radius 1 is 1.29 bits per heavy atom. The van der Waals surface area contributed by atoms with Crippen LogP contribution in [0.1, 0.15) is 23.1 Å². The Bertz CT molecular complexity index is 580. The molecule has 0 aliphatic heterocycles. The molecule has 0 saturated carbocycles. The maximum Gasteiger partial charge on any atom is 0.416 e. The Balaban J connectivity index is 1.88. The molecule has 2 rings (SSSR count). The molecule has 114 valence electrons. The van der Waals surface area contributed by atoms with Crippen molar-refractivity contribution in [2.24, 2.45) is 7.05 Å². The zero-order chi connectivity index (χ0) is 15.5. The second-order valence-electron chi connectivity index (χ2n) is 4.62. The van der Waals surface area contributed by atoms with E-state index in [0.717, 1.165) is 12.1 Å². The van der Waals surface area contributed by atoms with E-state index in [1.807, 2.05) is 0 Å². The Morgan fingerprint density at radius 3 is 2.48 bits per heavy atom. The van der Waals surface area contributed by atoms with Crippen molar-refractivity contribution >= 4 is 0 Å². The summed E-state index contributed by atoms with van der Waals surface area (Å²) in [5, 5.41) is 20.5. The molecule has 1 aromatic carbocycles. The van der Waals surface area contributed by atoms with Gasteiger partial charge in [0.05, 0.1) is 18.2 Å². The van der Waals surface area contributed by atoms with Gasteiger partial charge in [-0.15, -0.1) is 10.2 Å². The van der Waals surface area contributed by atoms with E-state index in [1.54, 1.807) is 17.9 Å². The molecule has 8 heteroatoms. The number of alkyl halides is 3. The Hall–Kier alpha value is -1.93. The van der Waals surface area contributed by atoms with Crippen LogP contribution in [0.25, 0.3) is 0 Å². The number of rotatable bonds is 5. The second-order valence-corrected chi connectivity index (χ2v) is 4.62. The maximum absolute atomic E-state index is 12.4. The molecule has 0 aliphatic carbocycles. The molecule has 2 N–H and O–H groups in total. The van der Waals surface area contributed by atoms with Crippen LogP contribution < -0.4 is 5.32 Å². The van der Waals surface area contributed by atoms with E-state index < -0.39 is 17.8 Å². The zero-order valence-corrected chi connectivity index (χ0v) is 11.3. The van der Waals surface area contributed by atoms with Gasteiger partial charge < -0.3 is 15.0 Å². The van der Waals surface area contributed by atoms with Crippen molar-refractivity contribution in [3.05, 3.63) is 47.5 Å². The van der Waals surface area contributed by atoms with E-state index in [1.165, 1.54) is 12.1 Å². The van der Waals surface area contributed by atoms with E-state index in [0.29, 0.717) is 17.9 Å². The van der Waals surface area contributed by atoms with Gasteiger partial charge in [-0.3, -0.25) is 0 Å². The fourth-order valence-corrected chi connectivity index (χ4v) is 1.80. The first-order valence-electron chi connectivity index (χ1n) is 6.26. The van der Waals surface area contributed by atoms with Crippen LogP contribution in [0.15, 0.2) is 30.6 Å². The molecule has 0 spiro atoms. The van der Waals surface area contributed by atoms with Crippen molar-refractivity contribution in [1.29, 1.82) is 0 Å². The van der Waals surface area contributed by atoms with Gasteiger partial charge in [-0.25, -0.2) is 0 Å². The minimum Gasteiger partial charge on any atom is -0.387 e. The lowest BCUT2D eigenvalue weighted by molar-refractivity contribution is -0.137. The summed E-state index contributed by atoms with van der Waals surface area (Å²) in [5.74, 6) is 0.703. The third kappa shape index (κ3) is 4.02. The second kappa shape index (κ2) is 6.23. The number of aliphatic hydroxyl groups excluding tert-OH is 1. The molecule has 2 aromatic rings. The number of benzene rings is 1. The molecular weight excluding hydrogens is 285 g/mol. The highest BCUT2D eigenvalue weighted by molar-refractivity contribution is 5.26. The largest absolute Gasteiger partial charge is 0.416 e. The third-order valence-corrected chi connectivity index (χ3v) is 3.05. The number of aliphatic hydroxyl groups is 1. The van der Waals surface area contributed by atoms with Gasteiger partial charge in [0, 0.05) is 13.6 Å². The normalized spacial score (nSPS) is 13.4. The van der Waals surface area contributed by atoms with Crippen molar-refractivity contribution in [1.82, 2.24) is 20.1 Å². The van der Waals surface area contributed by atoms with Gasteiger partial charge in [0.2, 0.25) is 0 Å². The fraction of sp³-hybridized carbons (Fsp3) is 0.385. The summed E-state index contributed by atoms with van der Waals surface area (Å²) in [4.78, 5) is 0. The van der Waals surface area contributed by atoms with E-state index in [9.17, 15) is 18.3 Å². The fourth-order valence-electron chi connectivity index (χ4n) is 1.80. The number of hydrogen-bond acceptors (Lipinski definition) is 4. The minimum atomic E-state index is -4.37. The van der Waals surface area contributed by atoms with Crippen LogP contribution in [0, 0.1) is 0 Å². The molecule has 0 saturated heterocycles. The predicted octanol–water partition coefficient (Wildman–Crippen LogP) is 1.66. The molecule has 1 unspecified atom stereocenters. The van der Waals surface area contributed by atoms with E-state index in [-0.39, 0.29) is 6.54 Å². The number of aromatic nitrogens is 3. The Kier molecular flexibility index (Phi) is 4.59. The van der Waals surface area contributed by atoms with Crippen molar-refractivity contribution in [2.45, 2.75) is 18.8 Å². The van der Waals surface area contributed by atoms with Gasteiger partial charge in [-0.1, -0.05) is 12.1 Å². The van der Waals surface area contributed by atoms with Crippen LogP contribution in [0.2, 0.25) is 0 Å². The maximum atomic E-state index is 12.4. The van der Waals surface area contributed by atoms with Gasteiger partial charge in [0.25, 0.3) is 0 Å². The lowest BCUT2D eigenvalue weighted by atomic mass is 10.1. The van der Waals surface area contributed by atoms with Gasteiger partial charge in [0.15, 0.2) is 0 Å². The number of halogens is 3. The van der Waals surface area contributed by atoms with Crippen molar-refractivity contribution in [3.8, 4) is 0 Å². The monoisotopic (exact) mass is 300 g/mol. The van der Waals surface area contributed by atoms with Crippen LogP contribution in [-0.2, 0) is 19.8 Å². The van der Waals surface area contributed by atoms with E-state index >= 15 is 0 Å². The molecule has 0 aliphatic rings. The van der Waals surface area contributed by atoms with Gasteiger partial charge in [0.1, 0.15) is 12.2 Å². The molecule has 1 aromatic heterocycles. The van der Waals surface area contributed by atoms with Crippen molar-refractivity contribution in [2.75, 3.05) is 6.54 Å². The summed E-state index contributed by atoms with van der Waals surface area (Å²) in [7, 11) is 1.79. The number of hydrogen-bond donors (Lipinski definition) is 2. The first kappa shape index (κ1) is 15.5. The summed E-state index contributed by atoms with van der Waals surface area (Å²) in [6.45, 7) is 0.617. The van der Waals surface area contributed by atoms with Crippen molar-refractivity contribution in [3.63, 3.8) is 0 Å². The number of aryl methyl sites for hydroxylation is 1. The SMILES string of the molecule is Cn1cnnc1CNCC(O)c1ccc(C(F)(F)F)cc1. The first-order valence-corrected chi connectivity index (χ1v) is 6.26. The molecule has 21 heavy (non-hydrogen) atoms. The van der Waals surface area contributed by atoms with Crippen LogP contribution in [0.3, 0.4) is 0 Å². The lowest BCUT2D eigenvalue weighted by Crippen LogP contribution is -2.22. The average Bonchev–Trinajstić information content (AvgIpc) is 2.83. The molecule has 5 nitrogen and oxygen atoms in total. The van der Waals surface area contributed by atoms with Crippen LogP contribution >= 0.6 is 0 Å². The van der Waals surface area contributed by atoms with Crippen molar-refractivity contribution < 1.29 is 18.3 Å². The van der Waals surface area contributed by atoms with Gasteiger partial charge in [-0.2, -0.15) is 13.2 Å².